The van der Waals surface area contributed by atoms with Crippen LogP contribution in [-0.2, 0) is 10.0 Å². The fourth-order valence-electron chi connectivity index (χ4n) is 2.83. The third kappa shape index (κ3) is 3.13. The first-order valence-corrected chi connectivity index (χ1v) is 10.2. The summed E-state index contributed by atoms with van der Waals surface area (Å²) < 4.78 is 54.0. The van der Waals surface area contributed by atoms with Crippen LogP contribution < -0.4 is 4.90 Å². The molecule has 134 valence electrons. The molecule has 0 N–H and O–H groups in total. The summed E-state index contributed by atoms with van der Waals surface area (Å²) in [6.07, 6.45) is 2.30. The van der Waals surface area contributed by atoms with Gasteiger partial charge in [0.1, 0.15) is 16.6 Å². The van der Waals surface area contributed by atoms with Crippen molar-refractivity contribution >= 4 is 26.5 Å². The van der Waals surface area contributed by atoms with Crippen LogP contribution in [0.15, 0.2) is 23.1 Å². The van der Waals surface area contributed by atoms with Gasteiger partial charge in [-0.2, -0.15) is 4.31 Å². The summed E-state index contributed by atoms with van der Waals surface area (Å²) in [5.74, 6) is -1.61. The number of nitrogens with zero attached hydrogens (tertiary/aromatic N) is 4. The SMILES string of the molecule is O=S(=O)(c1c(F)cccc1F)N1CCN(c2nnc(C3CC3)s2)CC1. The lowest BCUT2D eigenvalue weighted by atomic mass is 10.3. The summed E-state index contributed by atoms with van der Waals surface area (Å²) in [5, 5.41) is 10.2. The van der Waals surface area contributed by atoms with Crippen molar-refractivity contribution in [1.29, 1.82) is 0 Å². The molecular formula is C15H16F2N4O2S2. The Morgan fingerprint density at radius 3 is 2.28 bits per heavy atom. The van der Waals surface area contributed by atoms with Crippen LogP contribution in [0.5, 0.6) is 0 Å². The van der Waals surface area contributed by atoms with E-state index in [4.69, 9.17) is 0 Å². The van der Waals surface area contributed by atoms with Crippen molar-refractivity contribution in [2.45, 2.75) is 23.7 Å². The minimum atomic E-state index is -4.20. The van der Waals surface area contributed by atoms with Crippen molar-refractivity contribution in [3.8, 4) is 0 Å². The van der Waals surface area contributed by atoms with Gasteiger partial charge >= 0.3 is 0 Å². The summed E-state index contributed by atoms with van der Waals surface area (Å²) in [5.41, 5.74) is 0. The molecule has 1 aromatic heterocycles. The van der Waals surface area contributed by atoms with Crippen LogP contribution >= 0.6 is 11.3 Å². The Kier molecular flexibility index (Phi) is 4.20. The highest BCUT2D eigenvalue weighted by Gasteiger charge is 2.34. The lowest BCUT2D eigenvalue weighted by Crippen LogP contribution is -2.49. The molecule has 0 atom stereocenters. The summed E-state index contributed by atoms with van der Waals surface area (Å²) in [7, 11) is -4.20. The highest BCUT2D eigenvalue weighted by Crippen LogP contribution is 2.42. The number of rotatable bonds is 4. The molecular weight excluding hydrogens is 370 g/mol. The van der Waals surface area contributed by atoms with E-state index in [9.17, 15) is 17.2 Å². The Morgan fingerprint density at radius 1 is 1.04 bits per heavy atom. The lowest BCUT2D eigenvalue weighted by Gasteiger charge is -2.33. The zero-order chi connectivity index (χ0) is 17.6. The fraction of sp³-hybridized carbons (Fsp3) is 0.467. The van der Waals surface area contributed by atoms with E-state index in [-0.39, 0.29) is 13.1 Å². The topological polar surface area (TPSA) is 66.4 Å². The molecule has 0 bridgehead atoms. The van der Waals surface area contributed by atoms with Crippen molar-refractivity contribution in [3.63, 3.8) is 0 Å². The maximum absolute atomic E-state index is 13.9. The highest BCUT2D eigenvalue weighted by atomic mass is 32.2. The number of benzene rings is 1. The average Bonchev–Trinajstić information content (AvgIpc) is 3.32. The minimum Gasteiger partial charge on any atom is -0.344 e. The monoisotopic (exact) mass is 386 g/mol. The second-order valence-corrected chi connectivity index (χ2v) is 9.00. The van der Waals surface area contributed by atoms with E-state index in [0.717, 1.165) is 45.5 Å². The van der Waals surface area contributed by atoms with Crippen molar-refractivity contribution in [2.75, 3.05) is 31.1 Å². The van der Waals surface area contributed by atoms with Gasteiger partial charge in [-0.3, -0.25) is 0 Å². The van der Waals surface area contributed by atoms with Crippen LogP contribution in [0.4, 0.5) is 13.9 Å². The maximum atomic E-state index is 13.9. The van der Waals surface area contributed by atoms with Crippen LogP contribution in [0.1, 0.15) is 23.8 Å². The summed E-state index contributed by atoms with van der Waals surface area (Å²) in [6.45, 7) is 1.12. The van der Waals surface area contributed by atoms with Crippen molar-refractivity contribution in [1.82, 2.24) is 14.5 Å². The molecule has 2 fully saturated rings. The lowest BCUT2D eigenvalue weighted by molar-refractivity contribution is 0.378. The van der Waals surface area contributed by atoms with Gasteiger partial charge in [0.25, 0.3) is 0 Å². The van der Waals surface area contributed by atoms with E-state index in [2.05, 4.69) is 10.2 Å². The number of sulfonamides is 1. The Balaban J connectivity index is 1.49. The number of aromatic nitrogens is 2. The van der Waals surface area contributed by atoms with Crippen molar-refractivity contribution < 1.29 is 17.2 Å². The van der Waals surface area contributed by atoms with E-state index in [0.29, 0.717) is 19.0 Å². The molecule has 4 rings (SSSR count). The molecule has 2 aromatic rings. The molecule has 25 heavy (non-hydrogen) atoms. The highest BCUT2D eigenvalue weighted by molar-refractivity contribution is 7.89. The van der Waals surface area contributed by atoms with Crippen LogP contribution in [0.2, 0.25) is 0 Å². The second-order valence-electron chi connectivity index (χ2n) is 6.14. The average molecular weight is 386 g/mol. The van der Waals surface area contributed by atoms with Gasteiger partial charge in [-0.05, 0) is 25.0 Å². The quantitative estimate of drug-likeness (QED) is 0.806. The normalized spacial score (nSPS) is 19.4. The van der Waals surface area contributed by atoms with E-state index in [1.165, 1.54) is 11.3 Å². The van der Waals surface area contributed by atoms with Crippen molar-refractivity contribution in [3.05, 3.63) is 34.8 Å². The van der Waals surface area contributed by atoms with Crippen LogP contribution in [0, 0.1) is 11.6 Å². The molecule has 6 nitrogen and oxygen atoms in total. The van der Waals surface area contributed by atoms with Crippen molar-refractivity contribution in [2.24, 2.45) is 0 Å². The largest absolute Gasteiger partial charge is 0.344 e. The van der Waals surface area contributed by atoms with E-state index in [1.54, 1.807) is 0 Å². The molecule has 1 aromatic carbocycles. The van der Waals surface area contributed by atoms with Gasteiger partial charge in [-0.1, -0.05) is 17.4 Å². The van der Waals surface area contributed by atoms with Crippen LogP contribution in [0.3, 0.4) is 0 Å². The Bertz CT molecular complexity index is 870. The summed E-state index contributed by atoms with van der Waals surface area (Å²) >= 11 is 1.54. The Labute approximate surface area is 148 Å². The van der Waals surface area contributed by atoms with Gasteiger partial charge in [0.15, 0.2) is 4.90 Å². The molecule has 0 amide bonds. The Hall–Kier alpha value is -1.65. The predicted octanol–water partition coefficient (Wildman–Crippen LogP) is 2.20. The fourth-order valence-corrected chi connectivity index (χ4v) is 5.42. The standard InChI is InChI=1S/C15H16F2N4O2S2/c16-11-2-1-3-12(17)13(11)25(22,23)21-8-6-20(7-9-21)15-19-18-14(24-15)10-4-5-10/h1-3,10H,4-9H2. The Morgan fingerprint density at radius 2 is 1.68 bits per heavy atom. The molecule has 2 aliphatic rings. The molecule has 0 radical (unpaired) electrons. The van der Waals surface area contributed by atoms with Crippen LogP contribution in [0.25, 0.3) is 0 Å². The second kappa shape index (κ2) is 6.26. The smallest absolute Gasteiger partial charge is 0.249 e. The first kappa shape index (κ1) is 16.8. The predicted molar refractivity (Wildman–Crippen MR) is 89.2 cm³/mol. The molecule has 0 unspecified atom stereocenters. The number of piperazine rings is 1. The number of anilines is 1. The number of hydrogen-bond acceptors (Lipinski definition) is 6. The van der Waals surface area contributed by atoms with Gasteiger partial charge in [0, 0.05) is 32.1 Å². The van der Waals surface area contributed by atoms with Gasteiger partial charge in [-0.25, -0.2) is 17.2 Å². The van der Waals surface area contributed by atoms with E-state index >= 15 is 0 Å². The molecule has 2 heterocycles. The molecule has 1 saturated carbocycles. The van der Waals surface area contributed by atoms with Gasteiger partial charge in [-0.15, -0.1) is 10.2 Å². The molecule has 10 heteroatoms. The number of halogens is 2. The third-order valence-corrected chi connectivity index (χ3v) is 7.48. The molecule has 1 saturated heterocycles. The molecule has 1 aliphatic heterocycles. The summed E-state index contributed by atoms with van der Waals surface area (Å²) in [4.78, 5) is 1.09. The zero-order valence-electron chi connectivity index (χ0n) is 13.2. The van der Waals surface area contributed by atoms with Gasteiger partial charge in [0.05, 0.1) is 0 Å². The zero-order valence-corrected chi connectivity index (χ0v) is 14.9. The van der Waals surface area contributed by atoms with Gasteiger partial charge in [0.2, 0.25) is 15.2 Å². The third-order valence-electron chi connectivity index (χ3n) is 4.38. The maximum Gasteiger partial charge on any atom is 0.249 e. The first-order valence-electron chi connectivity index (χ1n) is 7.99. The minimum absolute atomic E-state index is 0.147. The first-order chi connectivity index (χ1) is 12.0. The van der Waals surface area contributed by atoms with Crippen LogP contribution in [-0.4, -0.2) is 49.1 Å². The van der Waals surface area contributed by atoms with Gasteiger partial charge < -0.3 is 4.90 Å². The molecule has 1 aliphatic carbocycles. The number of hydrogen-bond donors (Lipinski definition) is 0. The van der Waals surface area contributed by atoms with E-state index < -0.39 is 26.6 Å². The summed E-state index contributed by atoms with van der Waals surface area (Å²) in [6, 6.07) is 3.05. The molecule has 0 spiro atoms. The van der Waals surface area contributed by atoms with E-state index in [1.807, 2.05) is 4.90 Å².